The number of nitro groups is 1. The zero-order valence-electron chi connectivity index (χ0n) is 14.1. The van der Waals surface area contributed by atoms with Gasteiger partial charge in [-0.1, -0.05) is 0 Å². The van der Waals surface area contributed by atoms with Crippen molar-refractivity contribution in [2.45, 2.75) is 0 Å². The van der Waals surface area contributed by atoms with Crippen LogP contribution in [-0.2, 0) is 0 Å². The van der Waals surface area contributed by atoms with Crippen LogP contribution >= 0.6 is 11.3 Å². The first-order chi connectivity index (χ1) is 13.1. The van der Waals surface area contributed by atoms with Crippen molar-refractivity contribution in [1.29, 1.82) is 0 Å². The van der Waals surface area contributed by atoms with Crippen molar-refractivity contribution in [3.63, 3.8) is 0 Å². The smallest absolute Gasteiger partial charge is 0.271 e. The van der Waals surface area contributed by atoms with Crippen LogP contribution in [0.3, 0.4) is 0 Å². The van der Waals surface area contributed by atoms with Crippen molar-refractivity contribution in [3.05, 3.63) is 58.6 Å². The first-order valence-corrected chi connectivity index (χ1v) is 8.95. The third-order valence-corrected chi connectivity index (χ3v) is 5.47. The number of non-ortho nitro benzene ring substituents is 1. The third kappa shape index (κ3) is 2.58. The first-order valence-electron chi connectivity index (χ1n) is 8.13. The normalized spacial score (nSPS) is 11.4. The number of imidazole rings is 1. The number of benzene rings is 2. The Kier molecular flexibility index (Phi) is 3.34. The lowest BCUT2D eigenvalue weighted by Crippen LogP contribution is -1.86. The highest BCUT2D eigenvalue weighted by atomic mass is 32.1. The van der Waals surface area contributed by atoms with Gasteiger partial charge in [-0.3, -0.25) is 10.1 Å². The zero-order chi connectivity index (χ0) is 18.5. The second kappa shape index (κ2) is 5.75. The molecule has 0 saturated heterocycles. The van der Waals surface area contributed by atoms with E-state index in [1.54, 1.807) is 13.2 Å². The number of hydrogen-bond acceptors (Lipinski definition) is 6. The summed E-state index contributed by atoms with van der Waals surface area (Å²) in [7, 11) is 1.64. The molecule has 0 spiro atoms. The van der Waals surface area contributed by atoms with Gasteiger partial charge in [0.25, 0.3) is 5.69 Å². The molecule has 3 heterocycles. The molecule has 2 aromatic carbocycles. The van der Waals surface area contributed by atoms with Crippen molar-refractivity contribution in [2.24, 2.45) is 0 Å². The number of thiophene rings is 1. The number of methoxy groups -OCH3 is 1. The monoisotopic (exact) mass is 376 g/mol. The maximum absolute atomic E-state index is 11.0. The quantitative estimate of drug-likeness (QED) is 0.357. The maximum Gasteiger partial charge on any atom is 0.271 e. The van der Waals surface area contributed by atoms with E-state index in [9.17, 15) is 10.1 Å². The van der Waals surface area contributed by atoms with Gasteiger partial charge in [0.05, 0.1) is 33.5 Å². The van der Waals surface area contributed by atoms with Crippen molar-refractivity contribution in [1.82, 2.24) is 15.0 Å². The van der Waals surface area contributed by atoms with E-state index < -0.39 is 4.92 Å². The molecule has 0 aliphatic heterocycles. The van der Waals surface area contributed by atoms with Crippen LogP contribution in [0.4, 0.5) is 5.69 Å². The zero-order valence-corrected chi connectivity index (χ0v) is 14.9. The number of hydrogen-bond donors (Lipinski definition) is 1. The number of nitro benzene ring substituents is 1. The van der Waals surface area contributed by atoms with Crippen LogP contribution in [0.1, 0.15) is 0 Å². The van der Waals surface area contributed by atoms with E-state index >= 15 is 0 Å². The number of fused-ring (bicyclic) bond motifs is 3. The Bertz CT molecular complexity index is 1360. The lowest BCUT2D eigenvalue weighted by atomic mass is 10.2. The Morgan fingerprint density at radius 3 is 2.70 bits per heavy atom. The number of ether oxygens (including phenoxy) is 1. The highest BCUT2D eigenvalue weighted by Gasteiger charge is 2.13. The molecule has 0 unspecified atom stereocenters. The number of H-pyrrole nitrogens is 1. The van der Waals surface area contributed by atoms with E-state index in [-0.39, 0.29) is 5.69 Å². The number of aromatic amines is 1. The minimum absolute atomic E-state index is 0.0379. The summed E-state index contributed by atoms with van der Waals surface area (Å²) in [6.45, 7) is 0. The summed E-state index contributed by atoms with van der Waals surface area (Å²) in [6.07, 6.45) is 0. The molecule has 7 nitrogen and oxygen atoms in total. The van der Waals surface area contributed by atoms with Crippen LogP contribution in [0.2, 0.25) is 0 Å². The van der Waals surface area contributed by atoms with Crippen LogP contribution in [0, 0.1) is 10.1 Å². The van der Waals surface area contributed by atoms with E-state index in [0.717, 1.165) is 31.7 Å². The van der Waals surface area contributed by atoms with Gasteiger partial charge in [0.1, 0.15) is 16.4 Å². The van der Waals surface area contributed by atoms with Gasteiger partial charge in [0.2, 0.25) is 0 Å². The molecule has 0 saturated carbocycles. The summed E-state index contributed by atoms with van der Waals surface area (Å²) >= 11 is 1.53. The lowest BCUT2D eigenvalue weighted by molar-refractivity contribution is -0.384. The van der Waals surface area contributed by atoms with Gasteiger partial charge in [-0.25, -0.2) is 9.97 Å². The molecule has 132 valence electrons. The predicted molar refractivity (Wildman–Crippen MR) is 105 cm³/mol. The van der Waals surface area contributed by atoms with Gasteiger partial charge in [-0.2, -0.15) is 0 Å². The molecule has 8 heteroatoms. The van der Waals surface area contributed by atoms with Gasteiger partial charge < -0.3 is 9.72 Å². The molecular formula is C19H12N4O3S. The average Bonchev–Trinajstić information content (AvgIpc) is 3.28. The largest absolute Gasteiger partial charge is 0.497 e. The Labute approximate surface area is 156 Å². The lowest BCUT2D eigenvalue weighted by Gasteiger charge is -2.01. The topological polar surface area (TPSA) is 93.9 Å². The van der Waals surface area contributed by atoms with Crippen LogP contribution in [-0.4, -0.2) is 27.0 Å². The number of pyridine rings is 1. The molecule has 0 aliphatic rings. The number of nitrogens with zero attached hydrogens (tertiary/aromatic N) is 3. The fraction of sp³-hybridized carbons (Fsp3) is 0.0526. The summed E-state index contributed by atoms with van der Waals surface area (Å²) in [5.41, 5.74) is 2.27. The average molecular weight is 376 g/mol. The van der Waals surface area contributed by atoms with Gasteiger partial charge in [-0.15, -0.1) is 11.3 Å². The van der Waals surface area contributed by atoms with Crippen LogP contribution in [0.25, 0.3) is 42.9 Å². The fourth-order valence-corrected chi connectivity index (χ4v) is 4.05. The predicted octanol–water partition coefficient (Wildman–Crippen LogP) is 4.91. The summed E-state index contributed by atoms with van der Waals surface area (Å²) in [6, 6.07) is 14.5. The van der Waals surface area contributed by atoms with E-state index in [4.69, 9.17) is 9.72 Å². The van der Waals surface area contributed by atoms with Crippen molar-refractivity contribution >= 4 is 49.2 Å². The molecule has 5 rings (SSSR count). The molecule has 0 fully saturated rings. The van der Waals surface area contributed by atoms with Crippen LogP contribution in [0.5, 0.6) is 5.75 Å². The van der Waals surface area contributed by atoms with Gasteiger partial charge in [0.15, 0.2) is 0 Å². The van der Waals surface area contributed by atoms with Crippen LogP contribution in [0.15, 0.2) is 48.5 Å². The second-order valence-electron chi connectivity index (χ2n) is 6.10. The molecule has 5 aromatic rings. The minimum Gasteiger partial charge on any atom is -0.497 e. The second-order valence-corrected chi connectivity index (χ2v) is 7.13. The molecule has 0 amide bonds. The highest BCUT2D eigenvalue weighted by Crippen LogP contribution is 2.34. The van der Waals surface area contributed by atoms with E-state index in [1.165, 1.54) is 23.5 Å². The highest BCUT2D eigenvalue weighted by molar-refractivity contribution is 7.21. The molecule has 27 heavy (non-hydrogen) atoms. The standard InChI is InChI=1S/C19H12N4O3S/c1-26-13-3-5-14-10(7-13)6-11-8-17(27-19(11)22-14)18-20-15-4-2-12(23(24)25)9-16(15)21-18/h2-9H,1H3,(H,20,21). The van der Waals surface area contributed by atoms with Crippen molar-refractivity contribution in [2.75, 3.05) is 7.11 Å². The van der Waals surface area contributed by atoms with E-state index in [2.05, 4.69) is 16.0 Å². The van der Waals surface area contributed by atoms with E-state index in [0.29, 0.717) is 16.9 Å². The molecule has 0 aliphatic carbocycles. The maximum atomic E-state index is 11.0. The Morgan fingerprint density at radius 1 is 1.04 bits per heavy atom. The number of nitrogens with one attached hydrogen (secondary N) is 1. The molecule has 0 bridgehead atoms. The third-order valence-electron chi connectivity index (χ3n) is 4.42. The fourth-order valence-electron chi connectivity index (χ4n) is 3.08. The van der Waals surface area contributed by atoms with Crippen molar-refractivity contribution < 1.29 is 9.66 Å². The summed E-state index contributed by atoms with van der Waals surface area (Å²) in [4.78, 5) is 24.8. The Morgan fingerprint density at radius 2 is 1.89 bits per heavy atom. The minimum atomic E-state index is -0.414. The SMILES string of the molecule is COc1ccc2nc3sc(-c4nc5ccc([N+](=O)[O-])cc5[nH]4)cc3cc2c1. The van der Waals surface area contributed by atoms with Crippen molar-refractivity contribution in [3.8, 4) is 16.5 Å². The molecule has 3 aromatic heterocycles. The molecular weight excluding hydrogens is 364 g/mol. The van der Waals surface area contributed by atoms with Gasteiger partial charge in [0, 0.05) is 22.9 Å². The molecule has 1 N–H and O–H groups in total. The summed E-state index contributed by atoms with van der Waals surface area (Å²) < 4.78 is 5.28. The summed E-state index contributed by atoms with van der Waals surface area (Å²) in [5, 5.41) is 13.0. The molecule has 0 radical (unpaired) electrons. The first kappa shape index (κ1) is 15.7. The molecule has 0 atom stereocenters. The van der Waals surface area contributed by atoms with Crippen LogP contribution < -0.4 is 4.74 Å². The Hall–Kier alpha value is -3.52. The van der Waals surface area contributed by atoms with Gasteiger partial charge in [-0.05, 0) is 36.4 Å². The van der Waals surface area contributed by atoms with E-state index in [1.807, 2.05) is 24.3 Å². The van der Waals surface area contributed by atoms with Gasteiger partial charge >= 0.3 is 0 Å². The summed E-state index contributed by atoms with van der Waals surface area (Å²) in [5.74, 6) is 1.47. The number of aromatic nitrogens is 3. The Balaban J connectivity index is 1.64. The number of rotatable bonds is 3.